The Balaban J connectivity index is 1.57. The van der Waals surface area contributed by atoms with Crippen LogP contribution in [0.1, 0.15) is 22.3 Å². The highest BCUT2D eigenvalue weighted by Gasteiger charge is 2.26. The predicted octanol–water partition coefficient (Wildman–Crippen LogP) is 5.77. The molecule has 2 aliphatic rings. The summed E-state index contributed by atoms with van der Waals surface area (Å²) in [5, 5.41) is 1.20. The minimum atomic E-state index is 1.07. The van der Waals surface area contributed by atoms with Crippen molar-refractivity contribution < 1.29 is 0 Å². The Morgan fingerprint density at radius 1 is 0.577 bits per heavy atom. The molecule has 0 spiro atoms. The average Bonchev–Trinajstić information content (AvgIpc) is 2.71. The second kappa shape index (κ2) is 5.28. The van der Waals surface area contributed by atoms with E-state index in [1.165, 1.54) is 44.3 Å². The Labute approximate surface area is 153 Å². The zero-order valence-electron chi connectivity index (χ0n) is 14.6. The van der Waals surface area contributed by atoms with Crippen LogP contribution in [-0.4, -0.2) is 4.98 Å². The molecule has 1 heterocycles. The molecule has 0 N–H and O–H groups in total. The monoisotopic (exact) mass is 333 g/mol. The number of fused-ring (bicyclic) bond motifs is 1. The molecule has 1 aromatic heterocycles. The van der Waals surface area contributed by atoms with E-state index < -0.39 is 0 Å². The quantitative estimate of drug-likeness (QED) is 0.431. The molecule has 2 aliphatic carbocycles. The second-order valence-corrected chi connectivity index (χ2v) is 7.51. The van der Waals surface area contributed by atoms with Crippen molar-refractivity contribution in [2.24, 2.45) is 0 Å². The zero-order valence-corrected chi connectivity index (χ0v) is 14.6. The first kappa shape index (κ1) is 14.3. The van der Waals surface area contributed by atoms with Gasteiger partial charge in [-0.3, -0.25) is 0 Å². The fourth-order valence-corrected chi connectivity index (χ4v) is 4.79. The highest BCUT2D eigenvalue weighted by Crippen LogP contribution is 2.44. The van der Waals surface area contributed by atoms with Crippen LogP contribution in [0.4, 0.5) is 0 Å². The van der Waals surface area contributed by atoms with E-state index in [0.29, 0.717) is 0 Å². The Hall–Kier alpha value is -2.93. The first-order valence-electron chi connectivity index (χ1n) is 9.50. The lowest BCUT2D eigenvalue weighted by Gasteiger charge is -2.29. The molecule has 0 unspecified atom stereocenters. The lowest BCUT2D eigenvalue weighted by Crippen LogP contribution is -2.14. The summed E-state index contributed by atoms with van der Waals surface area (Å²) in [6, 6.07) is 24.4. The molecule has 1 nitrogen and oxygen atoms in total. The van der Waals surface area contributed by atoms with Crippen molar-refractivity contribution >= 4 is 10.9 Å². The maximum absolute atomic E-state index is 4.93. The molecule has 1 heteroatoms. The van der Waals surface area contributed by atoms with E-state index in [2.05, 4.69) is 66.7 Å². The van der Waals surface area contributed by atoms with Crippen molar-refractivity contribution in [1.82, 2.24) is 4.98 Å². The van der Waals surface area contributed by atoms with Gasteiger partial charge in [-0.1, -0.05) is 42.5 Å². The maximum Gasteiger partial charge on any atom is 0.0709 e. The standard InChI is InChI=1S/C25H19N/c1-2-7-22-16(4-1)12-13-23(26-22)21-14-19-10-8-17-5-3-6-18-9-11-20(15-21)25(19)24(17)18/h1-7,12-15H,8-11H2. The summed E-state index contributed by atoms with van der Waals surface area (Å²) in [5.41, 5.74) is 12.6. The molecular formula is C25H19N. The number of aromatic nitrogens is 1. The van der Waals surface area contributed by atoms with Crippen LogP contribution in [0.3, 0.4) is 0 Å². The number of rotatable bonds is 1. The van der Waals surface area contributed by atoms with E-state index in [-0.39, 0.29) is 0 Å². The number of benzene rings is 3. The van der Waals surface area contributed by atoms with Crippen LogP contribution >= 0.6 is 0 Å². The molecule has 26 heavy (non-hydrogen) atoms. The van der Waals surface area contributed by atoms with Crippen LogP contribution in [0.25, 0.3) is 33.3 Å². The normalized spacial score (nSPS) is 14.3. The average molecular weight is 333 g/mol. The van der Waals surface area contributed by atoms with E-state index in [4.69, 9.17) is 4.98 Å². The Morgan fingerprint density at radius 3 is 2.00 bits per heavy atom. The van der Waals surface area contributed by atoms with Crippen molar-refractivity contribution in [3.63, 3.8) is 0 Å². The van der Waals surface area contributed by atoms with Crippen LogP contribution in [0.2, 0.25) is 0 Å². The molecule has 6 rings (SSSR count). The first-order chi connectivity index (χ1) is 12.9. The van der Waals surface area contributed by atoms with Gasteiger partial charge in [0.05, 0.1) is 11.2 Å². The molecule has 0 atom stereocenters. The van der Waals surface area contributed by atoms with E-state index in [1.54, 1.807) is 0 Å². The van der Waals surface area contributed by atoms with Crippen LogP contribution in [-0.2, 0) is 25.7 Å². The van der Waals surface area contributed by atoms with Crippen molar-refractivity contribution in [2.45, 2.75) is 25.7 Å². The third-order valence-corrected chi connectivity index (χ3v) is 6.01. The molecule has 0 saturated carbocycles. The van der Waals surface area contributed by atoms with Gasteiger partial charge in [-0.2, -0.15) is 0 Å². The van der Waals surface area contributed by atoms with Gasteiger partial charge in [-0.05, 0) is 83.3 Å². The number of para-hydroxylation sites is 1. The number of hydrogen-bond donors (Lipinski definition) is 0. The first-order valence-corrected chi connectivity index (χ1v) is 9.50. The fourth-order valence-electron chi connectivity index (χ4n) is 4.79. The van der Waals surface area contributed by atoms with E-state index in [0.717, 1.165) is 36.9 Å². The third-order valence-electron chi connectivity index (χ3n) is 6.01. The molecule has 0 radical (unpaired) electrons. The number of nitrogens with zero attached hydrogens (tertiary/aromatic N) is 1. The van der Waals surface area contributed by atoms with Gasteiger partial charge in [-0.25, -0.2) is 4.98 Å². The van der Waals surface area contributed by atoms with Gasteiger partial charge in [0, 0.05) is 10.9 Å². The third kappa shape index (κ3) is 2.00. The van der Waals surface area contributed by atoms with Gasteiger partial charge in [0.25, 0.3) is 0 Å². The zero-order chi connectivity index (χ0) is 17.1. The summed E-state index contributed by atoms with van der Waals surface area (Å²) in [6.07, 6.45) is 4.59. The summed E-state index contributed by atoms with van der Waals surface area (Å²) in [6.45, 7) is 0. The van der Waals surface area contributed by atoms with Gasteiger partial charge in [0.15, 0.2) is 0 Å². The largest absolute Gasteiger partial charge is 0.248 e. The van der Waals surface area contributed by atoms with E-state index in [1.807, 2.05) is 0 Å². The van der Waals surface area contributed by atoms with Crippen LogP contribution in [0.5, 0.6) is 0 Å². The molecule has 4 aromatic rings. The summed E-state index contributed by atoms with van der Waals surface area (Å²) in [5.74, 6) is 0. The molecule has 0 bridgehead atoms. The van der Waals surface area contributed by atoms with Crippen molar-refractivity contribution in [3.05, 3.63) is 89.0 Å². The van der Waals surface area contributed by atoms with Crippen molar-refractivity contribution in [1.29, 1.82) is 0 Å². The molecule has 124 valence electrons. The molecule has 0 fully saturated rings. The number of pyridine rings is 1. The second-order valence-electron chi connectivity index (χ2n) is 7.51. The molecule has 0 aliphatic heterocycles. The molecule has 3 aromatic carbocycles. The Bertz CT molecular complexity index is 1140. The SMILES string of the molecule is c1cc2c3c(c1)CCc1cc(-c4ccc5ccccc5n4)cc(c1-3)CC2. The van der Waals surface area contributed by atoms with Gasteiger partial charge >= 0.3 is 0 Å². The van der Waals surface area contributed by atoms with Gasteiger partial charge in [0.1, 0.15) is 0 Å². The predicted molar refractivity (Wildman–Crippen MR) is 107 cm³/mol. The van der Waals surface area contributed by atoms with Gasteiger partial charge < -0.3 is 0 Å². The minimum Gasteiger partial charge on any atom is -0.248 e. The van der Waals surface area contributed by atoms with Crippen LogP contribution in [0.15, 0.2) is 66.7 Å². The summed E-state index contributed by atoms with van der Waals surface area (Å²) < 4.78 is 0. The topological polar surface area (TPSA) is 12.9 Å². The minimum absolute atomic E-state index is 1.07. The lowest BCUT2D eigenvalue weighted by atomic mass is 9.75. The van der Waals surface area contributed by atoms with Gasteiger partial charge in [-0.15, -0.1) is 0 Å². The summed E-state index contributed by atoms with van der Waals surface area (Å²) in [7, 11) is 0. The highest BCUT2D eigenvalue weighted by molar-refractivity contribution is 5.85. The van der Waals surface area contributed by atoms with Crippen LogP contribution in [0, 0.1) is 0 Å². The fraction of sp³-hybridized carbons (Fsp3) is 0.160. The smallest absolute Gasteiger partial charge is 0.0709 e. The van der Waals surface area contributed by atoms with Crippen molar-refractivity contribution in [2.75, 3.05) is 0 Å². The summed E-state index contributed by atoms with van der Waals surface area (Å²) in [4.78, 5) is 4.93. The van der Waals surface area contributed by atoms with Crippen molar-refractivity contribution in [3.8, 4) is 22.4 Å². The number of aryl methyl sites for hydroxylation is 4. The molecule has 0 amide bonds. The Morgan fingerprint density at radius 2 is 1.23 bits per heavy atom. The maximum atomic E-state index is 4.93. The van der Waals surface area contributed by atoms with E-state index in [9.17, 15) is 0 Å². The highest BCUT2D eigenvalue weighted by atomic mass is 14.7. The Kier molecular flexibility index (Phi) is 2.90. The lowest BCUT2D eigenvalue weighted by molar-refractivity contribution is 0.877. The van der Waals surface area contributed by atoms with Crippen LogP contribution < -0.4 is 0 Å². The molecular weight excluding hydrogens is 314 g/mol. The molecule has 0 saturated heterocycles. The van der Waals surface area contributed by atoms with Gasteiger partial charge in [0.2, 0.25) is 0 Å². The number of hydrogen-bond acceptors (Lipinski definition) is 1. The van der Waals surface area contributed by atoms with E-state index >= 15 is 0 Å². The summed E-state index contributed by atoms with van der Waals surface area (Å²) >= 11 is 0.